The Labute approximate surface area is 74.8 Å². The van der Waals surface area contributed by atoms with E-state index in [1.165, 1.54) is 12.3 Å². The fourth-order valence-corrected chi connectivity index (χ4v) is 0.765. The number of carbonyl (C=O) groups excluding carboxylic acids is 1. The maximum atomic E-state index is 11.2. The van der Waals surface area contributed by atoms with Crippen molar-refractivity contribution in [2.24, 2.45) is 0 Å². The first kappa shape index (κ1) is 9.44. The van der Waals surface area contributed by atoms with Gasteiger partial charge in [0.1, 0.15) is 5.69 Å². The summed E-state index contributed by atoms with van der Waals surface area (Å²) in [5, 5.41) is 0. The van der Waals surface area contributed by atoms with E-state index < -0.39 is 11.7 Å². The van der Waals surface area contributed by atoms with Gasteiger partial charge in [-0.3, -0.25) is 4.98 Å². The number of nitrogens with zero attached hydrogens (tertiary/aromatic N) is 1. The zero-order valence-corrected chi connectivity index (χ0v) is 7.40. The molecule has 1 rings (SSSR count). The minimum atomic E-state index is -0.557. The Kier molecular flexibility index (Phi) is 2.79. The van der Waals surface area contributed by atoms with Crippen LogP contribution in [0.25, 0.3) is 0 Å². The molecule has 70 valence electrons. The monoisotopic (exact) mass is 182 g/mol. The first-order valence-electron chi connectivity index (χ1n) is 3.86. The SMILES string of the molecule is CC(C)OC(=O)c1ccnc(=O)[nH]1. The zero-order chi connectivity index (χ0) is 9.84. The van der Waals surface area contributed by atoms with Crippen molar-refractivity contribution in [3.63, 3.8) is 0 Å². The fraction of sp³-hybridized carbons (Fsp3) is 0.375. The van der Waals surface area contributed by atoms with Crippen LogP contribution in [0.2, 0.25) is 0 Å². The van der Waals surface area contributed by atoms with Crippen LogP contribution in [0, 0.1) is 0 Å². The fourth-order valence-electron chi connectivity index (χ4n) is 0.765. The molecule has 13 heavy (non-hydrogen) atoms. The molecule has 0 aliphatic rings. The summed E-state index contributed by atoms with van der Waals surface area (Å²) < 4.78 is 4.85. The van der Waals surface area contributed by atoms with Crippen LogP contribution in [0.5, 0.6) is 0 Å². The van der Waals surface area contributed by atoms with Gasteiger partial charge < -0.3 is 4.74 Å². The number of nitrogens with one attached hydrogen (secondary N) is 1. The second-order valence-electron chi connectivity index (χ2n) is 2.74. The van der Waals surface area contributed by atoms with E-state index in [-0.39, 0.29) is 11.8 Å². The molecule has 1 N–H and O–H groups in total. The van der Waals surface area contributed by atoms with Crippen LogP contribution >= 0.6 is 0 Å². The van der Waals surface area contributed by atoms with Gasteiger partial charge in [-0.15, -0.1) is 0 Å². The van der Waals surface area contributed by atoms with E-state index in [1.807, 2.05) is 0 Å². The number of hydrogen-bond donors (Lipinski definition) is 1. The van der Waals surface area contributed by atoms with Crippen molar-refractivity contribution in [3.05, 3.63) is 28.4 Å². The molecule has 5 nitrogen and oxygen atoms in total. The Hall–Kier alpha value is -1.65. The summed E-state index contributed by atoms with van der Waals surface area (Å²) in [4.78, 5) is 27.5. The lowest BCUT2D eigenvalue weighted by Crippen LogP contribution is -2.18. The molecule has 0 spiro atoms. The average Bonchev–Trinajstić information content (AvgIpc) is 2.03. The molecule has 0 unspecified atom stereocenters. The van der Waals surface area contributed by atoms with Gasteiger partial charge in [0, 0.05) is 6.20 Å². The molecule has 1 aromatic rings. The molecule has 0 fully saturated rings. The molecule has 5 heteroatoms. The Morgan fingerprint density at radius 3 is 2.85 bits per heavy atom. The molecular weight excluding hydrogens is 172 g/mol. The van der Waals surface area contributed by atoms with E-state index >= 15 is 0 Å². The Morgan fingerprint density at radius 2 is 2.31 bits per heavy atom. The highest BCUT2D eigenvalue weighted by Crippen LogP contribution is 1.97. The van der Waals surface area contributed by atoms with Gasteiger partial charge in [-0.25, -0.2) is 14.6 Å². The molecule has 0 amide bonds. The molecule has 0 saturated heterocycles. The summed E-state index contributed by atoms with van der Waals surface area (Å²) in [5.41, 5.74) is -0.438. The highest BCUT2D eigenvalue weighted by atomic mass is 16.5. The summed E-state index contributed by atoms with van der Waals surface area (Å²) in [6.07, 6.45) is 1.06. The smallest absolute Gasteiger partial charge is 0.355 e. The van der Waals surface area contributed by atoms with E-state index in [0.29, 0.717) is 0 Å². The normalized spacial score (nSPS) is 10.1. The van der Waals surface area contributed by atoms with Crippen LogP contribution in [0.1, 0.15) is 24.3 Å². The summed E-state index contributed by atoms with van der Waals surface area (Å²) >= 11 is 0. The van der Waals surface area contributed by atoms with Gasteiger partial charge in [0.2, 0.25) is 0 Å². The van der Waals surface area contributed by atoms with E-state index in [9.17, 15) is 9.59 Å². The largest absolute Gasteiger partial charge is 0.458 e. The second kappa shape index (κ2) is 3.84. The van der Waals surface area contributed by atoms with E-state index in [2.05, 4.69) is 9.97 Å². The first-order chi connectivity index (χ1) is 6.09. The average molecular weight is 182 g/mol. The lowest BCUT2D eigenvalue weighted by atomic mass is 10.4. The molecule has 0 atom stereocenters. The van der Waals surface area contributed by atoms with E-state index in [1.54, 1.807) is 13.8 Å². The minimum absolute atomic E-state index is 0.119. The molecular formula is C8H10N2O3. The minimum Gasteiger partial charge on any atom is -0.458 e. The third-order valence-corrected chi connectivity index (χ3v) is 1.24. The molecule has 0 bridgehead atoms. The number of carbonyl (C=O) groups is 1. The number of aromatic amines is 1. The molecule has 1 heterocycles. The van der Waals surface area contributed by atoms with Crippen LogP contribution in [0.15, 0.2) is 17.1 Å². The summed E-state index contributed by atoms with van der Waals surface area (Å²) in [6, 6.07) is 1.39. The predicted octanol–water partition coefficient (Wildman–Crippen LogP) is 0.335. The van der Waals surface area contributed by atoms with Gasteiger partial charge in [-0.2, -0.15) is 0 Å². The number of H-pyrrole nitrogens is 1. The maximum absolute atomic E-state index is 11.2. The van der Waals surface area contributed by atoms with E-state index in [0.717, 1.165) is 0 Å². The van der Waals surface area contributed by atoms with Gasteiger partial charge >= 0.3 is 11.7 Å². The molecule has 0 radical (unpaired) electrons. The third-order valence-electron chi connectivity index (χ3n) is 1.24. The number of aromatic nitrogens is 2. The number of esters is 1. The third kappa shape index (κ3) is 2.70. The highest BCUT2D eigenvalue weighted by molar-refractivity contribution is 5.87. The highest BCUT2D eigenvalue weighted by Gasteiger charge is 2.09. The maximum Gasteiger partial charge on any atom is 0.355 e. The second-order valence-corrected chi connectivity index (χ2v) is 2.74. The Bertz CT molecular complexity index is 356. The van der Waals surface area contributed by atoms with Crippen molar-refractivity contribution in [3.8, 4) is 0 Å². The van der Waals surface area contributed by atoms with Crippen LogP contribution in [0.3, 0.4) is 0 Å². The number of hydrogen-bond acceptors (Lipinski definition) is 4. The van der Waals surface area contributed by atoms with Gasteiger partial charge in [-0.05, 0) is 19.9 Å². The molecule has 0 aliphatic heterocycles. The number of rotatable bonds is 2. The van der Waals surface area contributed by atoms with Crippen LogP contribution in [-0.4, -0.2) is 22.0 Å². The van der Waals surface area contributed by atoms with Crippen LogP contribution in [-0.2, 0) is 4.74 Å². The first-order valence-corrected chi connectivity index (χ1v) is 3.86. The van der Waals surface area contributed by atoms with Crippen molar-refractivity contribution in [1.29, 1.82) is 0 Å². The summed E-state index contributed by atoms with van der Waals surface area (Å²) in [7, 11) is 0. The van der Waals surface area contributed by atoms with Crippen molar-refractivity contribution < 1.29 is 9.53 Å². The van der Waals surface area contributed by atoms with Crippen molar-refractivity contribution in [1.82, 2.24) is 9.97 Å². The van der Waals surface area contributed by atoms with Gasteiger partial charge in [0.25, 0.3) is 0 Å². The van der Waals surface area contributed by atoms with Gasteiger partial charge in [0.15, 0.2) is 0 Å². The van der Waals surface area contributed by atoms with Crippen molar-refractivity contribution in [2.45, 2.75) is 20.0 Å². The lowest BCUT2D eigenvalue weighted by molar-refractivity contribution is 0.0370. The topological polar surface area (TPSA) is 72.0 Å². The molecule has 0 aliphatic carbocycles. The van der Waals surface area contributed by atoms with Crippen LogP contribution in [0.4, 0.5) is 0 Å². The van der Waals surface area contributed by atoms with Gasteiger partial charge in [0.05, 0.1) is 6.10 Å². The summed E-state index contributed by atoms with van der Waals surface area (Å²) in [5.74, 6) is -0.547. The Morgan fingerprint density at radius 1 is 1.62 bits per heavy atom. The molecule has 0 aromatic carbocycles. The molecule has 1 aromatic heterocycles. The summed E-state index contributed by atoms with van der Waals surface area (Å²) in [6.45, 7) is 3.47. The zero-order valence-electron chi connectivity index (χ0n) is 7.40. The van der Waals surface area contributed by atoms with E-state index in [4.69, 9.17) is 4.74 Å². The standard InChI is InChI=1S/C8H10N2O3/c1-5(2)13-7(11)6-3-4-9-8(12)10-6/h3-5H,1-2H3,(H,9,10,12). The van der Waals surface area contributed by atoms with Crippen molar-refractivity contribution >= 4 is 5.97 Å². The lowest BCUT2D eigenvalue weighted by Gasteiger charge is -2.06. The predicted molar refractivity (Wildman–Crippen MR) is 45.4 cm³/mol. The van der Waals surface area contributed by atoms with Gasteiger partial charge in [-0.1, -0.05) is 0 Å². The molecule has 0 saturated carbocycles. The van der Waals surface area contributed by atoms with Crippen LogP contribution < -0.4 is 5.69 Å². The number of ether oxygens (including phenoxy) is 1. The Balaban J connectivity index is 2.83. The van der Waals surface area contributed by atoms with Crippen molar-refractivity contribution in [2.75, 3.05) is 0 Å². The quantitative estimate of drug-likeness (QED) is 0.669.